The molecule has 0 amide bonds. The maximum Gasteiger partial charge on any atom is 0.306 e. The molecule has 0 spiro atoms. The Balaban J connectivity index is 2.71. The number of hydrogen-bond acceptors (Lipinski definition) is 5. The molecule has 7 heteroatoms. The molecule has 0 aromatic carbocycles. The van der Waals surface area contributed by atoms with Crippen LogP contribution in [0, 0.1) is 0 Å². The van der Waals surface area contributed by atoms with Crippen LogP contribution in [0.2, 0.25) is 5.02 Å². The Morgan fingerprint density at radius 1 is 1.67 bits per heavy atom. The lowest BCUT2D eigenvalue weighted by molar-refractivity contribution is -0.142. The highest BCUT2D eigenvalue weighted by molar-refractivity contribution is 8.00. The molecule has 1 aromatic rings. The number of esters is 1. The predicted molar refractivity (Wildman–Crippen MR) is 71.1 cm³/mol. The van der Waals surface area contributed by atoms with Crippen LogP contribution in [0.1, 0.15) is 20.3 Å². The third kappa shape index (κ3) is 4.03. The van der Waals surface area contributed by atoms with Crippen LogP contribution in [-0.2, 0) is 16.6 Å². The Morgan fingerprint density at radius 3 is 2.94 bits per heavy atom. The van der Waals surface area contributed by atoms with Gasteiger partial charge in [0.15, 0.2) is 0 Å². The topological polar surface area (TPSA) is 61.2 Å². The maximum absolute atomic E-state index is 11.6. The van der Waals surface area contributed by atoms with Crippen LogP contribution in [0.5, 0.6) is 0 Å². The van der Waals surface area contributed by atoms with Gasteiger partial charge in [-0.25, -0.2) is 4.68 Å². The number of aromatic nitrogens is 2. The third-order valence-corrected chi connectivity index (χ3v) is 3.74. The summed E-state index contributed by atoms with van der Waals surface area (Å²) < 4.78 is 6.03. The summed E-state index contributed by atoms with van der Waals surface area (Å²) in [6.07, 6.45) is 1.79. The number of hydrogen-bond donors (Lipinski definition) is 0. The Morgan fingerprint density at radius 2 is 2.33 bits per heavy atom. The van der Waals surface area contributed by atoms with Gasteiger partial charge in [0.2, 0.25) is 0 Å². The molecule has 0 aliphatic rings. The van der Waals surface area contributed by atoms with Crippen molar-refractivity contribution in [1.82, 2.24) is 9.78 Å². The number of nitrogens with zero attached hydrogens (tertiary/aromatic N) is 2. The Kier molecular flexibility index (Phi) is 5.68. The van der Waals surface area contributed by atoms with Gasteiger partial charge in [-0.05, 0) is 6.92 Å². The molecule has 0 N–H and O–H groups in total. The molecule has 0 radical (unpaired) electrons. The number of carbonyl (C=O) groups is 1. The van der Waals surface area contributed by atoms with E-state index in [0.717, 1.165) is 0 Å². The molecule has 5 nitrogen and oxygen atoms in total. The summed E-state index contributed by atoms with van der Waals surface area (Å²) in [5, 5.41) is 3.99. The number of thioether (sulfide) groups is 1. The number of aryl methyl sites for hydroxylation is 1. The molecule has 1 atom stereocenters. The van der Waals surface area contributed by atoms with Crippen molar-refractivity contribution in [2.24, 2.45) is 7.05 Å². The van der Waals surface area contributed by atoms with Crippen LogP contribution in [0.25, 0.3) is 0 Å². The van der Waals surface area contributed by atoms with E-state index in [-0.39, 0.29) is 28.2 Å². The highest BCUT2D eigenvalue weighted by atomic mass is 35.5. The second-order valence-corrected chi connectivity index (χ2v) is 5.55. The highest BCUT2D eigenvalue weighted by Crippen LogP contribution is 2.28. The van der Waals surface area contributed by atoms with Crippen LogP contribution < -0.4 is 5.56 Å². The zero-order valence-electron chi connectivity index (χ0n) is 10.5. The lowest BCUT2D eigenvalue weighted by atomic mass is 10.3. The summed E-state index contributed by atoms with van der Waals surface area (Å²) >= 11 is 7.27. The Hall–Kier alpha value is -1.01. The van der Waals surface area contributed by atoms with Crippen molar-refractivity contribution < 1.29 is 9.53 Å². The van der Waals surface area contributed by atoms with E-state index in [1.165, 1.54) is 29.7 Å². The van der Waals surface area contributed by atoms with Crippen LogP contribution in [-0.4, -0.2) is 27.6 Å². The van der Waals surface area contributed by atoms with Crippen LogP contribution >= 0.6 is 23.4 Å². The smallest absolute Gasteiger partial charge is 0.306 e. The molecule has 0 unspecified atom stereocenters. The maximum atomic E-state index is 11.6. The SMILES string of the molecule is CCOC(=O)C[C@H](C)Sc1cnn(C)c(=O)c1Cl. The number of ether oxygens (including phenoxy) is 1. The molecule has 0 aliphatic heterocycles. The molecule has 0 bridgehead atoms. The molecule has 0 saturated heterocycles. The predicted octanol–water partition coefficient (Wildman–Crippen LogP) is 1.87. The molecule has 1 aromatic heterocycles. The summed E-state index contributed by atoms with van der Waals surface area (Å²) in [6, 6.07) is 0. The van der Waals surface area contributed by atoms with Gasteiger partial charge in [0, 0.05) is 12.3 Å². The van der Waals surface area contributed by atoms with Crippen LogP contribution in [0.15, 0.2) is 15.9 Å². The lowest BCUT2D eigenvalue weighted by Crippen LogP contribution is -2.20. The van der Waals surface area contributed by atoms with Gasteiger partial charge >= 0.3 is 5.97 Å². The van der Waals surface area contributed by atoms with E-state index in [0.29, 0.717) is 11.5 Å². The van der Waals surface area contributed by atoms with Crippen LogP contribution in [0.3, 0.4) is 0 Å². The largest absolute Gasteiger partial charge is 0.466 e. The zero-order chi connectivity index (χ0) is 13.7. The van der Waals surface area contributed by atoms with Crippen molar-refractivity contribution in [3.05, 3.63) is 21.6 Å². The van der Waals surface area contributed by atoms with Gasteiger partial charge in [-0.1, -0.05) is 18.5 Å². The van der Waals surface area contributed by atoms with Gasteiger partial charge in [0.25, 0.3) is 5.56 Å². The summed E-state index contributed by atoms with van der Waals surface area (Å²) in [4.78, 5) is 23.4. The minimum atomic E-state index is -0.343. The van der Waals surface area contributed by atoms with Gasteiger partial charge in [-0.15, -0.1) is 11.8 Å². The van der Waals surface area contributed by atoms with E-state index < -0.39 is 0 Å². The standard InChI is InChI=1S/C11H15ClN2O3S/c1-4-17-9(15)5-7(2)18-8-6-13-14(3)11(16)10(8)12/h6-7H,4-5H2,1-3H3/t7-/m0/s1. The fourth-order valence-electron chi connectivity index (χ4n) is 1.29. The molecule has 1 rings (SSSR count). The summed E-state index contributed by atoms with van der Waals surface area (Å²) in [6.45, 7) is 4.00. The number of halogens is 1. The second-order valence-electron chi connectivity index (χ2n) is 3.69. The summed E-state index contributed by atoms with van der Waals surface area (Å²) in [5.41, 5.74) is -0.343. The van der Waals surface area contributed by atoms with Gasteiger partial charge < -0.3 is 4.74 Å². The van der Waals surface area contributed by atoms with Crippen molar-refractivity contribution in [3.8, 4) is 0 Å². The number of carbonyl (C=O) groups excluding carboxylic acids is 1. The van der Waals surface area contributed by atoms with Crippen molar-refractivity contribution >= 4 is 29.3 Å². The van der Waals surface area contributed by atoms with E-state index in [4.69, 9.17) is 16.3 Å². The molecular weight excluding hydrogens is 276 g/mol. The minimum Gasteiger partial charge on any atom is -0.466 e. The molecule has 18 heavy (non-hydrogen) atoms. The normalized spacial score (nSPS) is 12.2. The molecule has 0 aliphatic carbocycles. The molecule has 0 saturated carbocycles. The third-order valence-electron chi connectivity index (χ3n) is 2.13. The molecule has 100 valence electrons. The molecular formula is C11H15ClN2O3S. The Bertz CT molecular complexity index is 490. The first-order valence-electron chi connectivity index (χ1n) is 5.49. The fraction of sp³-hybridized carbons (Fsp3) is 0.545. The summed E-state index contributed by atoms with van der Waals surface area (Å²) in [7, 11) is 1.53. The van der Waals surface area contributed by atoms with Gasteiger partial charge in [-0.2, -0.15) is 5.10 Å². The first kappa shape index (κ1) is 15.0. The van der Waals surface area contributed by atoms with Crippen molar-refractivity contribution in [2.45, 2.75) is 30.4 Å². The zero-order valence-corrected chi connectivity index (χ0v) is 12.0. The van der Waals surface area contributed by atoms with Gasteiger partial charge in [0.05, 0.1) is 24.1 Å². The van der Waals surface area contributed by atoms with Crippen molar-refractivity contribution in [2.75, 3.05) is 6.61 Å². The van der Waals surface area contributed by atoms with Gasteiger partial charge in [-0.3, -0.25) is 9.59 Å². The van der Waals surface area contributed by atoms with E-state index in [1.54, 1.807) is 6.92 Å². The van der Waals surface area contributed by atoms with Crippen molar-refractivity contribution in [1.29, 1.82) is 0 Å². The van der Waals surface area contributed by atoms with Crippen molar-refractivity contribution in [3.63, 3.8) is 0 Å². The highest BCUT2D eigenvalue weighted by Gasteiger charge is 2.15. The Labute approximate surface area is 114 Å². The fourth-order valence-corrected chi connectivity index (χ4v) is 2.55. The molecule has 1 heterocycles. The lowest BCUT2D eigenvalue weighted by Gasteiger charge is -2.11. The summed E-state index contributed by atoms with van der Waals surface area (Å²) in [5.74, 6) is -0.259. The monoisotopic (exact) mass is 290 g/mol. The average molecular weight is 291 g/mol. The van der Waals surface area contributed by atoms with E-state index in [9.17, 15) is 9.59 Å². The molecule has 0 fully saturated rings. The second kappa shape index (κ2) is 6.80. The van der Waals surface area contributed by atoms with Crippen LogP contribution in [0.4, 0.5) is 0 Å². The van der Waals surface area contributed by atoms with E-state index in [2.05, 4.69) is 5.10 Å². The van der Waals surface area contributed by atoms with Gasteiger partial charge in [0.1, 0.15) is 5.02 Å². The first-order valence-corrected chi connectivity index (χ1v) is 6.75. The average Bonchev–Trinajstić information content (AvgIpc) is 2.30. The number of rotatable bonds is 5. The first-order chi connectivity index (χ1) is 8.45. The quantitative estimate of drug-likeness (QED) is 0.612. The van der Waals surface area contributed by atoms with E-state index in [1.807, 2.05) is 6.92 Å². The van der Waals surface area contributed by atoms with E-state index >= 15 is 0 Å². The minimum absolute atomic E-state index is 0.0320.